The second-order valence-electron chi connectivity index (χ2n) is 6.50. The van der Waals surface area contributed by atoms with Crippen LogP contribution in [-0.2, 0) is 14.2 Å². The van der Waals surface area contributed by atoms with Gasteiger partial charge in [-0.1, -0.05) is 0 Å². The largest absolute Gasteiger partial charge is 0.459 e. The Morgan fingerprint density at radius 2 is 1.93 bits per heavy atom. The van der Waals surface area contributed by atoms with Crippen LogP contribution in [0.2, 0.25) is 0 Å². The highest BCUT2D eigenvalue weighted by atomic mass is 16.6. The SMILES string of the molecule is [CH2-]N(C)CCOC(=O)NC[C@H]1CN(c2ccc(N3CCOC3=O)cc2)C(=O)O1. The molecule has 2 fully saturated rings. The molecule has 28 heavy (non-hydrogen) atoms. The summed E-state index contributed by atoms with van der Waals surface area (Å²) in [6.07, 6.45) is -1.93. The topological polar surface area (TPSA) is 101 Å². The first-order valence-electron chi connectivity index (χ1n) is 8.89. The maximum atomic E-state index is 12.1. The van der Waals surface area contributed by atoms with Crippen LogP contribution in [0, 0.1) is 7.05 Å². The maximum Gasteiger partial charge on any atom is 0.414 e. The van der Waals surface area contributed by atoms with Gasteiger partial charge in [0, 0.05) is 17.9 Å². The number of carbonyl (C=O) groups is 3. The summed E-state index contributed by atoms with van der Waals surface area (Å²) >= 11 is 0. The Balaban J connectivity index is 1.49. The maximum absolute atomic E-state index is 12.1. The van der Waals surface area contributed by atoms with E-state index < -0.39 is 18.3 Å². The van der Waals surface area contributed by atoms with E-state index in [4.69, 9.17) is 14.2 Å². The van der Waals surface area contributed by atoms with E-state index >= 15 is 0 Å². The van der Waals surface area contributed by atoms with Crippen LogP contribution >= 0.6 is 0 Å². The van der Waals surface area contributed by atoms with Crippen LogP contribution in [0.5, 0.6) is 0 Å². The molecule has 0 radical (unpaired) electrons. The lowest BCUT2D eigenvalue weighted by molar-refractivity contribution is 0.121. The molecule has 2 saturated heterocycles. The van der Waals surface area contributed by atoms with Crippen molar-refractivity contribution >= 4 is 29.7 Å². The van der Waals surface area contributed by atoms with E-state index in [-0.39, 0.29) is 19.2 Å². The summed E-state index contributed by atoms with van der Waals surface area (Å²) in [5, 5.41) is 2.58. The Morgan fingerprint density at radius 3 is 2.54 bits per heavy atom. The number of cyclic esters (lactones) is 2. The van der Waals surface area contributed by atoms with Crippen LogP contribution in [0.25, 0.3) is 0 Å². The third kappa shape index (κ3) is 4.83. The third-order valence-corrected chi connectivity index (χ3v) is 4.29. The van der Waals surface area contributed by atoms with Crippen molar-refractivity contribution < 1.29 is 28.6 Å². The van der Waals surface area contributed by atoms with Gasteiger partial charge >= 0.3 is 18.3 Å². The number of amides is 3. The molecule has 3 rings (SSSR count). The highest BCUT2D eigenvalue weighted by Crippen LogP contribution is 2.26. The van der Waals surface area contributed by atoms with Gasteiger partial charge in [0.1, 0.15) is 19.3 Å². The average molecular weight is 391 g/mol. The molecule has 0 aliphatic carbocycles. The minimum Gasteiger partial charge on any atom is -0.459 e. The summed E-state index contributed by atoms with van der Waals surface area (Å²) in [7, 11) is 5.43. The summed E-state index contributed by atoms with van der Waals surface area (Å²) in [6, 6.07) is 6.97. The van der Waals surface area contributed by atoms with Crippen molar-refractivity contribution in [1.29, 1.82) is 0 Å². The van der Waals surface area contributed by atoms with E-state index in [0.717, 1.165) is 0 Å². The predicted octanol–water partition coefficient (Wildman–Crippen LogP) is 1.42. The molecule has 152 valence electrons. The van der Waals surface area contributed by atoms with Gasteiger partial charge in [-0.05, 0) is 31.3 Å². The first-order valence-corrected chi connectivity index (χ1v) is 8.89. The second-order valence-corrected chi connectivity index (χ2v) is 6.50. The van der Waals surface area contributed by atoms with Crippen molar-refractivity contribution in [2.45, 2.75) is 6.10 Å². The fraction of sp³-hybridized carbons (Fsp3) is 0.444. The number of benzene rings is 1. The summed E-state index contributed by atoms with van der Waals surface area (Å²) in [5.74, 6) is 0. The Hall–Kier alpha value is -3.01. The third-order valence-electron chi connectivity index (χ3n) is 4.29. The van der Waals surface area contributed by atoms with Crippen LogP contribution in [-0.4, -0.2) is 75.7 Å². The monoisotopic (exact) mass is 391 g/mol. The Morgan fingerprint density at radius 1 is 1.25 bits per heavy atom. The summed E-state index contributed by atoms with van der Waals surface area (Å²) in [4.78, 5) is 40.0. The molecule has 1 aromatic rings. The number of likely N-dealkylation sites (N-methyl/N-ethyl adjacent to an activating group) is 1. The quantitative estimate of drug-likeness (QED) is 0.554. The van der Waals surface area contributed by atoms with Crippen LogP contribution < -0.4 is 15.1 Å². The van der Waals surface area contributed by atoms with E-state index in [1.807, 2.05) is 0 Å². The summed E-state index contributed by atoms with van der Waals surface area (Å²) in [5.41, 5.74) is 1.34. The fourth-order valence-corrected chi connectivity index (χ4v) is 2.82. The molecule has 10 nitrogen and oxygen atoms in total. The average Bonchev–Trinajstić information content (AvgIpc) is 3.25. The molecule has 0 spiro atoms. The molecule has 0 saturated carbocycles. The minimum absolute atomic E-state index is 0.152. The number of ether oxygens (including phenoxy) is 3. The van der Waals surface area contributed by atoms with Gasteiger partial charge in [-0.25, -0.2) is 14.4 Å². The zero-order valence-corrected chi connectivity index (χ0v) is 15.6. The molecular weight excluding hydrogens is 368 g/mol. The van der Waals surface area contributed by atoms with Gasteiger partial charge < -0.3 is 24.4 Å². The van der Waals surface area contributed by atoms with Gasteiger partial charge in [0.25, 0.3) is 0 Å². The second kappa shape index (κ2) is 8.79. The molecule has 1 N–H and O–H groups in total. The lowest BCUT2D eigenvalue weighted by atomic mass is 10.2. The van der Waals surface area contributed by atoms with Crippen molar-refractivity contribution in [3.05, 3.63) is 31.3 Å². The zero-order valence-electron chi connectivity index (χ0n) is 15.6. The van der Waals surface area contributed by atoms with Crippen molar-refractivity contribution in [3.63, 3.8) is 0 Å². The Bertz CT molecular complexity index is 723. The molecule has 1 aromatic carbocycles. The number of carbonyl (C=O) groups excluding carboxylic acids is 3. The smallest absolute Gasteiger partial charge is 0.414 e. The first kappa shape index (κ1) is 19.7. The minimum atomic E-state index is -0.571. The Labute approximate surface area is 162 Å². The van der Waals surface area contributed by atoms with Gasteiger partial charge in [0.2, 0.25) is 0 Å². The van der Waals surface area contributed by atoms with E-state index in [0.29, 0.717) is 37.6 Å². The van der Waals surface area contributed by atoms with Crippen molar-refractivity contribution in [2.24, 2.45) is 0 Å². The molecule has 0 unspecified atom stereocenters. The van der Waals surface area contributed by atoms with Crippen LogP contribution in [0.1, 0.15) is 0 Å². The molecule has 1 atom stereocenters. The lowest BCUT2D eigenvalue weighted by Gasteiger charge is -2.17. The molecule has 10 heteroatoms. The number of rotatable bonds is 7. The van der Waals surface area contributed by atoms with Crippen molar-refractivity contribution in [3.8, 4) is 0 Å². The van der Waals surface area contributed by atoms with Crippen LogP contribution in [0.15, 0.2) is 24.3 Å². The number of hydrogen-bond donors (Lipinski definition) is 1. The standard InChI is InChI=1S/C18H23N4O6/c1-20(2)7-9-26-16(23)19-11-15-12-22(18(25)28-15)14-5-3-13(4-6-14)21-8-10-27-17(21)24/h3-6,15H,1,7-12H2,2H3,(H,19,23)/q-1/t15-/m0/s1. The molecule has 2 heterocycles. The number of nitrogens with one attached hydrogen (secondary N) is 1. The van der Waals surface area contributed by atoms with Gasteiger partial charge in [0.15, 0.2) is 0 Å². The molecule has 2 aliphatic rings. The highest BCUT2D eigenvalue weighted by Gasteiger charge is 2.33. The first-order chi connectivity index (χ1) is 13.4. The van der Waals surface area contributed by atoms with Crippen LogP contribution in [0.4, 0.5) is 25.8 Å². The van der Waals surface area contributed by atoms with E-state index in [1.54, 1.807) is 36.2 Å². The summed E-state index contributed by atoms with van der Waals surface area (Å²) in [6.45, 7) is 2.05. The molecule has 2 aliphatic heterocycles. The van der Waals surface area contributed by atoms with Gasteiger partial charge in [-0.2, -0.15) is 0 Å². The molecular formula is C18H23N4O6-. The number of alkyl carbamates (subject to hydrolysis) is 1. The van der Waals surface area contributed by atoms with E-state index in [9.17, 15) is 14.4 Å². The summed E-state index contributed by atoms with van der Waals surface area (Å²) < 4.78 is 15.2. The van der Waals surface area contributed by atoms with Gasteiger partial charge in [-0.3, -0.25) is 16.8 Å². The van der Waals surface area contributed by atoms with Gasteiger partial charge in [-0.15, -0.1) is 0 Å². The molecule has 0 aromatic heterocycles. The normalized spacial score (nSPS) is 19.0. The molecule has 0 bridgehead atoms. The van der Waals surface area contributed by atoms with Crippen LogP contribution in [0.3, 0.4) is 0 Å². The van der Waals surface area contributed by atoms with Crippen molar-refractivity contribution in [2.75, 3.05) is 56.2 Å². The number of nitrogens with zero attached hydrogens (tertiary/aromatic N) is 3. The Kier molecular flexibility index (Phi) is 6.19. The highest BCUT2D eigenvalue weighted by molar-refractivity contribution is 5.92. The zero-order chi connectivity index (χ0) is 20.1. The fourth-order valence-electron chi connectivity index (χ4n) is 2.82. The van der Waals surface area contributed by atoms with E-state index in [2.05, 4.69) is 12.4 Å². The predicted molar refractivity (Wildman–Crippen MR) is 100 cm³/mol. The lowest BCUT2D eigenvalue weighted by Crippen LogP contribution is -2.35. The van der Waals surface area contributed by atoms with Crippen molar-refractivity contribution in [1.82, 2.24) is 10.2 Å². The number of hydrogen-bond acceptors (Lipinski definition) is 7. The molecule has 3 amide bonds. The number of anilines is 2. The van der Waals surface area contributed by atoms with Gasteiger partial charge in [0.05, 0.1) is 19.6 Å². The van der Waals surface area contributed by atoms with E-state index in [1.165, 1.54) is 9.80 Å².